The highest BCUT2D eigenvalue weighted by Gasteiger charge is 2.24. The summed E-state index contributed by atoms with van der Waals surface area (Å²) in [6.07, 6.45) is -0.149. The molecule has 0 saturated carbocycles. The number of H-pyrrole nitrogens is 1. The number of hydrogen-bond acceptors (Lipinski definition) is 7. The van der Waals surface area contributed by atoms with Crippen LogP contribution in [0.3, 0.4) is 0 Å². The minimum absolute atomic E-state index is 0.0458. The number of hydrogen-bond donors (Lipinski definition) is 2. The molecule has 0 fully saturated rings. The number of ether oxygens (including phenoxy) is 2. The van der Waals surface area contributed by atoms with Gasteiger partial charge in [0.2, 0.25) is 0 Å². The van der Waals surface area contributed by atoms with Gasteiger partial charge in [-0.1, -0.05) is 23.9 Å². The number of benzene rings is 1. The number of anilines is 1. The number of rotatable bonds is 6. The summed E-state index contributed by atoms with van der Waals surface area (Å²) < 4.78 is 13.9. The Balaban J connectivity index is 1.45. The van der Waals surface area contributed by atoms with Crippen LogP contribution in [-0.2, 0) is 6.54 Å². The van der Waals surface area contributed by atoms with Crippen molar-refractivity contribution in [3.8, 4) is 11.5 Å². The predicted molar refractivity (Wildman–Crippen MR) is 115 cm³/mol. The number of aryl methyl sites for hydroxylation is 1. The van der Waals surface area contributed by atoms with Gasteiger partial charge in [-0.25, -0.2) is 4.98 Å². The second-order valence-corrected chi connectivity index (χ2v) is 8.04. The summed E-state index contributed by atoms with van der Waals surface area (Å²) in [5.41, 5.74) is 7.73. The quantitative estimate of drug-likeness (QED) is 0.354. The van der Waals surface area contributed by atoms with Gasteiger partial charge in [-0.05, 0) is 32.0 Å². The van der Waals surface area contributed by atoms with Gasteiger partial charge >= 0.3 is 0 Å². The minimum Gasteiger partial charge on any atom is -0.486 e. The van der Waals surface area contributed by atoms with Gasteiger partial charge < -0.3 is 24.8 Å². The lowest BCUT2D eigenvalue weighted by molar-refractivity contribution is 0.0777. The van der Waals surface area contributed by atoms with Gasteiger partial charge in [-0.3, -0.25) is 9.59 Å². The SMILES string of the molecule is Cc1cc(C(=O)CSc2nc(N)cc(=O)[nH]2)c(C)n1C[C@@H]1COc2ccccc2O1. The monoisotopic (exact) mass is 426 g/mol. The van der Waals surface area contributed by atoms with Crippen LogP contribution in [0.4, 0.5) is 5.82 Å². The van der Waals surface area contributed by atoms with Gasteiger partial charge in [0.1, 0.15) is 12.4 Å². The van der Waals surface area contributed by atoms with Crippen molar-refractivity contribution >= 4 is 23.4 Å². The Morgan fingerprint density at radius 3 is 2.83 bits per heavy atom. The summed E-state index contributed by atoms with van der Waals surface area (Å²) in [6.45, 7) is 4.91. The Morgan fingerprint density at radius 1 is 1.30 bits per heavy atom. The van der Waals surface area contributed by atoms with Crippen LogP contribution in [0.2, 0.25) is 0 Å². The number of ketones is 1. The average Bonchev–Trinajstić information content (AvgIpc) is 2.99. The first kappa shape index (κ1) is 20.1. The third-order valence-electron chi connectivity index (χ3n) is 4.91. The van der Waals surface area contributed by atoms with E-state index in [1.165, 1.54) is 6.07 Å². The number of para-hydroxylation sites is 2. The first-order valence-electron chi connectivity index (χ1n) is 9.49. The number of nitrogen functional groups attached to an aromatic ring is 1. The Hall–Kier alpha value is -3.20. The third-order valence-corrected chi connectivity index (χ3v) is 5.78. The van der Waals surface area contributed by atoms with Crippen molar-refractivity contribution in [3.05, 3.63) is 63.7 Å². The van der Waals surface area contributed by atoms with Crippen LogP contribution in [0.25, 0.3) is 0 Å². The molecule has 1 aromatic carbocycles. The largest absolute Gasteiger partial charge is 0.486 e. The van der Waals surface area contributed by atoms with E-state index < -0.39 is 0 Å². The van der Waals surface area contributed by atoms with Gasteiger partial charge in [-0.2, -0.15) is 0 Å². The molecule has 1 aliphatic rings. The van der Waals surface area contributed by atoms with Crippen LogP contribution in [0, 0.1) is 13.8 Å². The van der Waals surface area contributed by atoms with Crippen molar-refractivity contribution in [3.63, 3.8) is 0 Å². The molecule has 3 aromatic rings. The zero-order chi connectivity index (χ0) is 21.3. The molecule has 0 bridgehead atoms. The topological polar surface area (TPSA) is 112 Å². The zero-order valence-corrected chi connectivity index (χ0v) is 17.5. The molecule has 156 valence electrons. The van der Waals surface area contributed by atoms with E-state index in [1.807, 2.05) is 44.2 Å². The molecular weight excluding hydrogens is 404 g/mol. The highest BCUT2D eigenvalue weighted by Crippen LogP contribution is 2.31. The fourth-order valence-electron chi connectivity index (χ4n) is 3.45. The number of nitrogens with two attached hydrogens (primary N) is 1. The molecular formula is C21H22N4O4S. The van der Waals surface area contributed by atoms with Crippen LogP contribution in [0.15, 0.2) is 46.3 Å². The van der Waals surface area contributed by atoms with Gasteiger partial charge in [-0.15, -0.1) is 0 Å². The minimum atomic E-state index is -0.341. The molecule has 0 aliphatic carbocycles. The van der Waals surface area contributed by atoms with Gasteiger partial charge in [0, 0.05) is 23.0 Å². The number of carbonyl (C=O) groups excluding carboxylic acids is 1. The van der Waals surface area contributed by atoms with Crippen LogP contribution >= 0.6 is 11.8 Å². The first-order valence-corrected chi connectivity index (χ1v) is 10.5. The molecule has 0 amide bonds. The van der Waals surface area contributed by atoms with E-state index in [2.05, 4.69) is 14.5 Å². The number of aromatic nitrogens is 3. The van der Waals surface area contributed by atoms with E-state index >= 15 is 0 Å². The van der Waals surface area contributed by atoms with E-state index in [1.54, 1.807) is 0 Å². The summed E-state index contributed by atoms with van der Waals surface area (Å²) in [7, 11) is 0. The lowest BCUT2D eigenvalue weighted by atomic mass is 10.2. The normalized spacial score (nSPS) is 15.2. The maximum Gasteiger partial charge on any atom is 0.253 e. The Bertz CT molecular complexity index is 1150. The number of Topliss-reactive ketones (excluding diaryl/α,β-unsaturated/α-hetero) is 1. The Labute approximate surface area is 177 Å². The van der Waals surface area contributed by atoms with Crippen LogP contribution in [0.5, 0.6) is 11.5 Å². The zero-order valence-electron chi connectivity index (χ0n) is 16.7. The van der Waals surface area contributed by atoms with E-state index in [9.17, 15) is 9.59 Å². The molecule has 4 rings (SSSR count). The second kappa shape index (κ2) is 8.27. The third kappa shape index (κ3) is 4.20. The van der Waals surface area contributed by atoms with E-state index in [4.69, 9.17) is 15.2 Å². The highest BCUT2D eigenvalue weighted by molar-refractivity contribution is 7.99. The fraction of sp³-hybridized carbons (Fsp3) is 0.286. The molecule has 0 radical (unpaired) electrons. The van der Waals surface area contributed by atoms with Crippen molar-refractivity contribution < 1.29 is 14.3 Å². The summed E-state index contributed by atoms with van der Waals surface area (Å²) >= 11 is 1.15. The Morgan fingerprint density at radius 2 is 2.07 bits per heavy atom. The van der Waals surface area contributed by atoms with E-state index in [-0.39, 0.29) is 29.0 Å². The standard InChI is InChI=1S/C21H22N4O4S/c1-12-7-15(16(26)11-30-21-23-19(22)8-20(27)24-21)13(2)25(12)9-14-10-28-17-5-3-4-6-18(17)29-14/h3-8,14H,9-11H2,1-2H3,(H3,22,23,24,27)/t14-/m1/s1. The smallest absolute Gasteiger partial charge is 0.253 e. The van der Waals surface area contributed by atoms with Crippen molar-refractivity contribution in [2.24, 2.45) is 0 Å². The molecule has 30 heavy (non-hydrogen) atoms. The van der Waals surface area contributed by atoms with Crippen molar-refractivity contribution in [2.45, 2.75) is 31.7 Å². The molecule has 0 unspecified atom stereocenters. The summed E-state index contributed by atoms with van der Waals surface area (Å²) in [5.74, 6) is 1.70. The number of fused-ring (bicyclic) bond motifs is 1. The number of aromatic amines is 1. The predicted octanol–water partition coefficient (Wildman–Crippen LogP) is 2.59. The summed E-state index contributed by atoms with van der Waals surface area (Å²) in [5, 5.41) is 0.327. The Kier molecular flexibility index (Phi) is 5.54. The molecule has 0 saturated heterocycles. The van der Waals surface area contributed by atoms with Crippen LogP contribution in [0.1, 0.15) is 21.7 Å². The summed E-state index contributed by atoms with van der Waals surface area (Å²) in [4.78, 5) is 30.9. The number of thioether (sulfide) groups is 1. The average molecular weight is 426 g/mol. The van der Waals surface area contributed by atoms with E-state index in [0.29, 0.717) is 23.9 Å². The molecule has 2 aromatic heterocycles. The maximum absolute atomic E-state index is 12.8. The molecule has 3 heterocycles. The van der Waals surface area contributed by atoms with Crippen LogP contribution < -0.4 is 20.8 Å². The van der Waals surface area contributed by atoms with Crippen LogP contribution in [-0.4, -0.2) is 38.8 Å². The van der Waals surface area contributed by atoms with Gasteiger partial charge in [0.05, 0.1) is 12.3 Å². The number of nitrogens with one attached hydrogen (secondary N) is 1. The van der Waals surface area contributed by atoms with Gasteiger partial charge in [0.25, 0.3) is 5.56 Å². The van der Waals surface area contributed by atoms with Crippen molar-refractivity contribution in [1.29, 1.82) is 0 Å². The first-order chi connectivity index (χ1) is 14.4. The van der Waals surface area contributed by atoms with Crippen molar-refractivity contribution in [1.82, 2.24) is 14.5 Å². The van der Waals surface area contributed by atoms with Gasteiger partial charge in [0.15, 0.2) is 28.5 Å². The fourth-order valence-corrected chi connectivity index (χ4v) is 4.22. The van der Waals surface area contributed by atoms with Crippen molar-refractivity contribution in [2.75, 3.05) is 18.1 Å². The second-order valence-electron chi connectivity index (χ2n) is 7.08. The number of nitrogens with zero attached hydrogens (tertiary/aromatic N) is 2. The lowest BCUT2D eigenvalue weighted by Crippen LogP contribution is -2.33. The molecule has 3 N–H and O–H groups in total. The maximum atomic E-state index is 12.8. The summed E-state index contributed by atoms with van der Waals surface area (Å²) in [6, 6.07) is 10.7. The molecule has 8 nitrogen and oxygen atoms in total. The molecule has 0 spiro atoms. The lowest BCUT2D eigenvalue weighted by Gasteiger charge is -2.27. The van der Waals surface area contributed by atoms with E-state index in [0.717, 1.165) is 34.6 Å². The molecule has 9 heteroatoms. The number of carbonyl (C=O) groups is 1. The molecule has 1 aliphatic heterocycles. The highest BCUT2D eigenvalue weighted by atomic mass is 32.2. The molecule has 1 atom stereocenters.